The van der Waals surface area contributed by atoms with Crippen LogP contribution in [0.2, 0.25) is 0 Å². The van der Waals surface area contributed by atoms with Gasteiger partial charge in [0.2, 0.25) is 0 Å². The van der Waals surface area contributed by atoms with Gasteiger partial charge >= 0.3 is 5.97 Å². The molecule has 5 heteroatoms. The maximum atomic E-state index is 11.9. The fourth-order valence-electron chi connectivity index (χ4n) is 2.63. The Bertz CT molecular complexity index is 606. The van der Waals surface area contributed by atoms with Crippen LogP contribution in [0.15, 0.2) is 36.4 Å². The van der Waals surface area contributed by atoms with E-state index in [0.717, 1.165) is 0 Å². The predicted molar refractivity (Wildman–Crippen MR) is 69.6 cm³/mol. The summed E-state index contributed by atoms with van der Waals surface area (Å²) >= 11 is 0. The molecule has 2 aliphatic rings. The van der Waals surface area contributed by atoms with Crippen LogP contribution in [0.1, 0.15) is 31.9 Å². The first-order chi connectivity index (χ1) is 9.33. The Labute approximate surface area is 116 Å². The highest BCUT2D eigenvalue weighted by Gasteiger charge is 2.56. The Morgan fingerprint density at radius 2 is 1.75 bits per heavy atom. The molecule has 0 radical (unpaired) electrons. The van der Waals surface area contributed by atoms with E-state index in [2.05, 4.69) is 4.89 Å². The maximum absolute atomic E-state index is 11.9. The molecule has 0 amide bonds. The standard InChI is InChI=1S/C15H16O5/c1-13(2)12(16)18-15(19-13)9-8-14(3,20-17)10-6-4-5-7-11(10)15/h4-9,17H,1-3H3. The molecular formula is C15H16O5. The highest BCUT2D eigenvalue weighted by Crippen LogP contribution is 2.48. The van der Waals surface area contributed by atoms with Crippen molar-refractivity contribution >= 4 is 5.97 Å². The molecule has 1 heterocycles. The van der Waals surface area contributed by atoms with Crippen molar-refractivity contribution in [2.45, 2.75) is 37.8 Å². The second-order valence-electron chi connectivity index (χ2n) is 5.75. The summed E-state index contributed by atoms with van der Waals surface area (Å²) in [5.74, 6) is -1.68. The van der Waals surface area contributed by atoms with E-state index in [9.17, 15) is 10.1 Å². The van der Waals surface area contributed by atoms with Crippen LogP contribution >= 0.6 is 0 Å². The minimum Gasteiger partial charge on any atom is -0.422 e. The van der Waals surface area contributed by atoms with E-state index in [0.29, 0.717) is 11.1 Å². The SMILES string of the molecule is CC1(C)OC2(C=CC(C)(OO)c3ccccc32)OC1=O. The van der Waals surface area contributed by atoms with Crippen molar-refractivity contribution in [3.05, 3.63) is 47.5 Å². The van der Waals surface area contributed by atoms with Crippen molar-refractivity contribution in [1.82, 2.24) is 0 Å². The molecule has 1 saturated heterocycles. The first-order valence-electron chi connectivity index (χ1n) is 6.40. The van der Waals surface area contributed by atoms with Crippen molar-refractivity contribution in [2.75, 3.05) is 0 Å². The number of carbonyl (C=O) groups excluding carboxylic acids is 1. The van der Waals surface area contributed by atoms with Gasteiger partial charge in [-0.15, -0.1) is 0 Å². The molecule has 3 rings (SSSR count). The van der Waals surface area contributed by atoms with Gasteiger partial charge in [-0.3, -0.25) is 5.26 Å². The number of esters is 1. The number of fused-ring (bicyclic) bond motifs is 2. The topological polar surface area (TPSA) is 65.0 Å². The highest BCUT2D eigenvalue weighted by molar-refractivity contribution is 5.81. The van der Waals surface area contributed by atoms with Crippen molar-refractivity contribution in [3.63, 3.8) is 0 Å². The van der Waals surface area contributed by atoms with E-state index >= 15 is 0 Å². The Hall–Kier alpha value is -1.69. The molecule has 2 atom stereocenters. The van der Waals surface area contributed by atoms with E-state index in [1.54, 1.807) is 45.1 Å². The monoisotopic (exact) mass is 276 g/mol. The van der Waals surface area contributed by atoms with Gasteiger partial charge in [0.15, 0.2) is 5.60 Å². The third-order valence-electron chi connectivity index (χ3n) is 3.79. The molecule has 5 nitrogen and oxygen atoms in total. The van der Waals surface area contributed by atoms with Gasteiger partial charge in [0.05, 0.1) is 0 Å². The molecule has 1 aliphatic heterocycles. The smallest absolute Gasteiger partial charge is 0.341 e. The van der Waals surface area contributed by atoms with Gasteiger partial charge in [-0.05, 0) is 32.9 Å². The van der Waals surface area contributed by atoms with E-state index in [1.807, 2.05) is 12.1 Å². The second-order valence-corrected chi connectivity index (χ2v) is 5.75. The number of benzene rings is 1. The van der Waals surface area contributed by atoms with Crippen molar-refractivity contribution in [1.29, 1.82) is 0 Å². The van der Waals surface area contributed by atoms with E-state index in [1.165, 1.54) is 0 Å². The molecule has 1 aromatic carbocycles. The van der Waals surface area contributed by atoms with Gasteiger partial charge in [-0.2, -0.15) is 0 Å². The van der Waals surface area contributed by atoms with Crippen molar-refractivity contribution < 1.29 is 24.4 Å². The minimum atomic E-state index is -1.25. The largest absolute Gasteiger partial charge is 0.422 e. The van der Waals surface area contributed by atoms with Crippen LogP contribution in [-0.2, 0) is 30.5 Å². The van der Waals surface area contributed by atoms with Crippen LogP contribution < -0.4 is 0 Å². The van der Waals surface area contributed by atoms with Crippen LogP contribution in [0.4, 0.5) is 0 Å². The van der Waals surface area contributed by atoms with Gasteiger partial charge in [0, 0.05) is 11.1 Å². The van der Waals surface area contributed by atoms with Gasteiger partial charge in [-0.25, -0.2) is 9.68 Å². The van der Waals surface area contributed by atoms with Crippen molar-refractivity contribution in [3.8, 4) is 0 Å². The minimum absolute atomic E-state index is 0.425. The molecule has 0 aromatic heterocycles. The maximum Gasteiger partial charge on any atom is 0.341 e. The summed E-state index contributed by atoms with van der Waals surface area (Å²) in [5.41, 5.74) is -0.677. The van der Waals surface area contributed by atoms with Gasteiger partial charge < -0.3 is 9.47 Å². The molecule has 1 spiro atoms. The van der Waals surface area contributed by atoms with E-state index < -0.39 is 23.0 Å². The lowest BCUT2D eigenvalue weighted by molar-refractivity contribution is -0.310. The zero-order valence-electron chi connectivity index (χ0n) is 11.5. The summed E-state index contributed by atoms with van der Waals surface area (Å²) in [7, 11) is 0. The fourth-order valence-corrected chi connectivity index (χ4v) is 2.63. The molecule has 1 aliphatic carbocycles. The molecule has 1 aromatic rings. The zero-order chi connectivity index (χ0) is 14.6. The summed E-state index contributed by atoms with van der Waals surface area (Å²) in [6.07, 6.45) is 3.24. The van der Waals surface area contributed by atoms with Crippen LogP contribution in [0, 0.1) is 0 Å². The summed E-state index contributed by atoms with van der Waals surface area (Å²) in [4.78, 5) is 16.6. The average molecular weight is 276 g/mol. The van der Waals surface area contributed by atoms with Gasteiger partial charge in [0.1, 0.15) is 5.60 Å². The lowest BCUT2D eigenvalue weighted by atomic mass is 9.82. The van der Waals surface area contributed by atoms with Crippen LogP contribution in [-0.4, -0.2) is 16.8 Å². The summed E-state index contributed by atoms with van der Waals surface area (Å²) < 4.78 is 11.3. The number of rotatable bonds is 1. The third kappa shape index (κ3) is 1.64. The Morgan fingerprint density at radius 3 is 2.30 bits per heavy atom. The highest BCUT2D eigenvalue weighted by atomic mass is 17.1. The molecule has 1 N–H and O–H groups in total. The quantitative estimate of drug-likeness (QED) is 0.369. The van der Waals surface area contributed by atoms with E-state index in [4.69, 9.17) is 9.47 Å². The number of hydrogen-bond acceptors (Lipinski definition) is 5. The predicted octanol–water partition coefficient (Wildman–Crippen LogP) is 2.47. The lowest BCUT2D eigenvalue weighted by Gasteiger charge is -2.36. The summed E-state index contributed by atoms with van der Waals surface area (Å²) in [6, 6.07) is 7.25. The Balaban J connectivity index is 2.18. The Kier molecular flexibility index (Phi) is 2.60. The van der Waals surface area contributed by atoms with Crippen LogP contribution in [0.25, 0.3) is 0 Å². The van der Waals surface area contributed by atoms with Gasteiger partial charge in [0.25, 0.3) is 5.79 Å². The first-order valence-corrected chi connectivity index (χ1v) is 6.40. The molecule has 0 bridgehead atoms. The normalized spacial score (nSPS) is 34.1. The van der Waals surface area contributed by atoms with Gasteiger partial charge in [-0.1, -0.05) is 24.3 Å². The van der Waals surface area contributed by atoms with Crippen LogP contribution in [0.3, 0.4) is 0 Å². The number of hydrogen-bond donors (Lipinski definition) is 1. The second kappa shape index (κ2) is 3.91. The number of ether oxygens (including phenoxy) is 2. The third-order valence-corrected chi connectivity index (χ3v) is 3.79. The first kappa shape index (κ1) is 13.3. The van der Waals surface area contributed by atoms with E-state index in [-0.39, 0.29) is 0 Å². The fraction of sp³-hybridized carbons (Fsp3) is 0.400. The average Bonchev–Trinajstić information content (AvgIpc) is 2.66. The molecule has 0 saturated carbocycles. The summed E-state index contributed by atoms with van der Waals surface area (Å²) in [5, 5.41) is 9.18. The zero-order valence-corrected chi connectivity index (χ0v) is 11.5. The molecule has 1 fully saturated rings. The number of carbonyl (C=O) groups is 1. The Morgan fingerprint density at radius 1 is 1.10 bits per heavy atom. The van der Waals surface area contributed by atoms with Crippen LogP contribution in [0.5, 0.6) is 0 Å². The molecule has 20 heavy (non-hydrogen) atoms. The lowest BCUT2D eigenvalue weighted by Crippen LogP contribution is -2.38. The summed E-state index contributed by atoms with van der Waals surface area (Å²) in [6.45, 7) is 5.05. The van der Waals surface area contributed by atoms with Crippen molar-refractivity contribution in [2.24, 2.45) is 0 Å². The molecule has 106 valence electrons. The molecule has 2 unspecified atom stereocenters. The molecular weight excluding hydrogens is 260 g/mol.